The second kappa shape index (κ2) is 9.27. The van der Waals surface area contributed by atoms with Crippen LogP contribution in [0.4, 0.5) is 4.39 Å². The van der Waals surface area contributed by atoms with Crippen LogP contribution in [0, 0.1) is 5.82 Å². The van der Waals surface area contributed by atoms with E-state index in [1.165, 1.54) is 13.0 Å². The molecule has 0 saturated carbocycles. The van der Waals surface area contributed by atoms with Crippen molar-refractivity contribution < 1.29 is 14.0 Å². The Morgan fingerprint density at radius 3 is 2.57 bits per heavy atom. The summed E-state index contributed by atoms with van der Waals surface area (Å²) in [4.78, 5) is 28.3. The third-order valence-corrected chi connectivity index (χ3v) is 4.88. The number of benzene rings is 2. The molecule has 6 nitrogen and oxygen atoms in total. The number of hydrogen-bond acceptors (Lipinski definition) is 5. The van der Waals surface area contributed by atoms with Crippen LogP contribution < -0.4 is 5.32 Å². The number of aromatic amines is 1. The first kappa shape index (κ1) is 19.8. The Morgan fingerprint density at radius 1 is 1.14 bits per heavy atom. The zero-order valence-corrected chi connectivity index (χ0v) is 16.0. The summed E-state index contributed by atoms with van der Waals surface area (Å²) < 4.78 is 13.8. The highest BCUT2D eigenvalue weighted by Gasteiger charge is 2.18. The van der Waals surface area contributed by atoms with E-state index in [-0.39, 0.29) is 17.4 Å². The van der Waals surface area contributed by atoms with Gasteiger partial charge in [-0.1, -0.05) is 54.2 Å². The van der Waals surface area contributed by atoms with E-state index in [1.54, 1.807) is 18.2 Å². The summed E-state index contributed by atoms with van der Waals surface area (Å²) in [7, 11) is 0. The van der Waals surface area contributed by atoms with Crippen molar-refractivity contribution in [1.82, 2.24) is 20.5 Å². The summed E-state index contributed by atoms with van der Waals surface area (Å²) in [5.41, 5.74) is 1.28. The Hall–Kier alpha value is -3.00. The van der Waals surface area contributed by atoms with Crippen LogP contribution in [0.5, 0.6) is 0 Å². The van der Waals surface area contributed by atoms with Gasteiger partial charge in [-0.15, -0.1) is 5.10 Å². The van der Waals surface area contributed by atoms with Crippen molar-refractivity contribution in [3.05, 3.63) is 66.0 Å². The molecule has 0 aliphatic rings. The molecule has 1 aromatic heterocycles. The first-order valence-electron chi connectivity index (χ1n) is 8.67. The molecule has 0 bridgehead atoms. The van der Waals surface area contributed by atoms with E-state index in [9.17, 15) is 14.0 Å². The molecule has 0 radical (unpaired) electrons. The second-order valence-corrected chi connectivity index (χ2v) is 7.10. The van der Waals surface area contributed by atoms with Gasteiger partial charge in [0, 0.05) is 0 Å². The molecule has 0 aliphatic carbocycles. The monoisotopic (exact) mass is 398 g/mol. The van der Waals surface area contributed by atoms with E-state index in [2.05, 4.69) is 20.5 Å². The van der Waals surface area contributed by atoms with E-state index in [0.717, 1.165) is 17.3 Å². The van der Waals surface area contributed by atoms with Crippen LogP contribution in [-0.4, -0.2) is 38.7 Å². The minimum atomic E-state index is -0.586. The van der Waals surface area contributed by atoms with Crippen LogP contribution in [0.3, 0.4) is 0 Å². The fraction of sp³-hybridized carbons (Fsp3) is 0.200. The van der Waals surface area contributed by atoms with E-state index in [4.69, 9.17) is 0 Å². The summed E-state index contributed by atoms with van der Waals surface area (Å²) in [6.07, 6.45) is 0.435. The maximum Gasteiger partial charge on any atom is 0.231 e. The van der Waals surface area contributed by atoms with Gasteiger partial charge in [0.15, 0.2) is 11.6 Å². The fourth-order valence-corrected chi connectivity index (χ4v) is 3.21. The van der Waals surface area contributed by atoms with Crippen molar-refractivity contribution in [2.45, 2.75) is 24.5 Å². The van der Waals surface area contributed by atoms with Gasteiger partial charge in [-0.2, -0.15) is 0 Å². The molecule has 0 fully saturated rings. The number of carbonyl (C=O) groups excluding carboxylic acids is 2. The standard InChI is InChI=1S/C20H19FN4O2S/c1-13(26)17(11-14-7-3-2-4-8-14)22-18(27)12-28-20-23-19(24-25-20)15-9-5-6-10-16(15)21/h2-10,17H,11-12H2,1H3,(H,22,27)(H,23,24,25)/t17-/m1/s1. The van der Waals surface area contributed by atoms with E-state index >= 15 is 0 Å². The van der Waals surface area contributed by atoms with Gasteiger partial charge in [0.1, 0.15) is 5.82 Å². The van der Waals surface area contributed by atoms with Crippen LogP contribution in [-0.2, 0) is 16.0 Å². The van der Waals surface area contributed by atoms with Gasteiger partial charge in [-0.25, -0.2) is 9.37 Å². The molecule has 144 valence electrons. The Kier molecular flexibility index (Phi) is 6.54. The Bertz CT molecular complexity index is 962. The first-order chi connectivity index (χ1) is 13.5. The summed E-state index contributed by atoms with van der Waals surface area (Å²) in [5, 5.41) is 9.75. The summed E-state index contributed by atoms with van der Waals surface area (Å²) >= 11 is 1.11. The van der Waals surface area contributed by atoms with Crippen LogP contribution in [0.15, 0.2) is 59.8 Å². The van der Waals surface area contributed by atoms with Gasteiger partial charge in [0.25, 0.3) is 0 Å². The fourth-order valence-electron chi connectivity index (χ4n) is 2.60. The van der Waals surface area contributed by atoms with Crippen molar-refractivity contribution in [2.75, 3.05) is 5.75 Å². The number of carbonyl (C=O) groups is 2. The van der Waals surface area contributed by atoms with E-state index in [0.29, 0.717) is 23.0 Å². The number of H-pyrrole nitrogens is 1. The predicted octanol–water partition coefficient (Wildman–Crippen LogP) is 3.02. The normalized spacial score (nSPS) is 11.8. The number of halogens is 1. The van der Waals surface area contributed by atoms with Crippen LogP contribution in [0.2, 0.25) is 0 Å². The lowest BCUT2D eigenvalue weighted by atomic mass is 10.0. The molecule has 8 heteroatoms. The maximum absolute atomic E-state index is 13.8. The highest BCUT2D eigenvalue weighted by molar-refractivity contribution is 7.99. The molecule has 1 heterocycles. The minimum Gasteiger partial charge on any atom is -0.345 e. The van der Waals surface area contributed by atoms with Gasteiger partial charge < -0.3 is 5.32 Å². The number of Topliss-reactive ketones (excluding diaryl/α,β-unsaturated/α-hetero) is 1. The highest BCUT2D eigenvalue weighted by Crippen LogP contribution is 2.21. The number of amides is 1. The molecular formula is C20H19FN4O2S. The Balaban J connectivity index is 1.56. The number of ketones is 1. The number of thioether (sulfide) groups is 1. The molecular weight excluding hydrogens is 379 g/mol. The molecule has 3 rings (SSSR count). The smallest absolute Gasteiger partial charge is 0.231 e. The van der Waals surface area contributed by atoms with Crippen molar-refractivity contribution in [2.24, 2.45) is 0 Å². The molecule has 2 N–H and O–H groups in total. The third kappa shape index (κ3) is 5.26. The molecule has 3 aromatic rings. The number of hydrogen-bond donors (Lipinski definition) is 2. The Labute approximate surface area is 166 Å². The summed E-state index contributed by atoms with van der Waals surface area (Å²) in [6, 6.07) is 15.1. The highest BCUT2D eigenvalue weighted by atomic mass is 32.2. The molecule has 1 amide bonds. The number of nitrogens with one attached hydrogen (secondary N) is 2. The molecule has 0 saturated heterocycles. The van der Waals surface area contributed by atoms with Crippen LogP contribution in [0.25, 0.3) is 11.4 Å². The van der Waals surface area contributed by atoms with Crippen molar-refractivity contribution in [3.8, 4) is 11.4 Å². The van der Waals surface area contributed by atoms with E-state index in [1.807, 2.05) is 30.3 Å². The van der Waals surface area contributed by atoms with Crippen LogP contribution in [0.1, 0.15) is 12.5 Å². The van der Waals surface area contributed by atoms with Gasteiger partial charge in [0.2, 0.25) is 11.1 Å². The second-order valence-electron chi connectivity index (χ2n) is 6.16. The number of rotatable bonds is 8. The lowest BCUT2D eigenvalue weighted by molar-refractivity contribution is -0.125. The Morgan fingerprint density at radius 2 is 1.86 bits per heavy atom. The number of nitrogens with zero attached hydrogens (tertiary/aromatic N) is 2. The largest absolute Gasteiger partial charge is 0.345 e. The van der Waals surface area contributed by atoms with Crippen molar-refractivity contribution >= 4 is 23.5 Å². The van der Waals surface area contributed by atoms with Gasteiger partial charge in [0.05, 0.1) is 17.4 Å². The first-order valence-corrected chi connectivity index (χ1v) is 9.65. The van der Waals surface area contributed by atoms with Gasteiger partial charge >= 0.3 is 0 Å². The lowest BCUT2D eigenvalue weighted by Gasteiger charge is -2.15. The van der Waals surface area contributed by atoms with Gasteiger partial charge in [-0.3, -0.25) is 14.7 Å². The third-order valence-electron chi connectivity index (χ3n) is 4.03. The molecule has 28 heavy (non-hydrogen) atoms. The lowest BCUT2D eigenvalue weighted by Crippen LogP contribution is -2.42. The minimum absolute atomic E-state index is 0.0487. The summed E-state index contributed by atoms with van der Waals surface area (Å²) in [6.45, 7) is 1.46. The quantitative estimate of drug-likeness (QED) is 0.570. The van der Waals surface area contributed by atoms with Crippen molar-refractivity contribution in [3.63, 3.8) is 0 Å². The molecule has 2 aromatic carbocycles. The topological polar surface area (TPSA) is 87.7 Å². The van der Waals surface area contributed by atoms with Crippen LogP contribution >= 0.6 is 11.8 Å². The molecule has 1 atom stereocenters. The molecule has 0 aliphatic heterocycles. The maximum atomic E-state index is 13.8. The summed E-state index contributed by atoms with van der Waals surface area (Å²) in [5.74, 6) is -0.460. The zero-order chi connectivity index (χ0) is 19.9. The average Bonchev–Trinajstić information content (AvgIpc) is 3.16. The average molecular weight is 398 g/mol. The predicted molar refractivity (Wildman–Crippen MR) is 105 cm³/mol. The van der Waals surface area contributed by atoms with E-state index < -0.39 is 11.9 Å². The SMILES string of the molecule is CC(=O)[C@@H](Cc1ccccc1)NC(=O)CSc1n[nH]c(-c2ccccc2F)n1. The molecule has 0 spiro atoms. The van der Waals surface area contributed by atoms with Gasteiger partial charge in [-0.05, 0) is 31.0 Å². The van der Waals surface area contributed by atoms with Crippen molar-refractivity contribution in [1.29, 1.82) is 0 Å². The molecule has 0 unspecified atom stereocenters. The zero-order valence-electron chi connectivity index (χ0n) is 15.2. The number of aromatic nitrogens is 3.